The first-order valence-corrected chi connectivity index (χ1v) is 10.6. The molecule has 0 saturated heterocycles. The highest BCUT2D eigenvalue weighted by Crippen LogP contribution is 2.48. The van der Waals surface area contributed by atoms with Crippen molar-refractivity contribution in [2.45, 2.75) is 32.2 Å². The Kier molecular flexibility index (Phi) is 6.16. The first-order valence-electron chi connectivity index (χ1n) is 10.6. The molecule has 2 aromatic carbocycles. The number of hydrogen-bond donors (Lipinski definition) is 3. The van der Waals surface area contributed by atoms with Crippen LogP contribution < -0.4 is 16.0 Å². The Morgan fingerprint density at radius 1 is 1.13 bits per heavy atom. The molecule has 1 aliphatic rings. The second-order valence-electron chi connectivity index (χ2n) is 7.81. The second kappa shape index (κ2) is 9.16. The number of nitrogens with one attached hydrogen (secondary N) is 3. The lowest BCUT2D eigenvalue weighted by atomic mass is 10.1. The van der Waals surface area contributed by atoms with Crippen LogP contribution in [0.25, 0.3) is 0 Å². The Balaban J connectivity index is 1.47. The lowest BCUT2D eigenvalue weighted by molar-refractivity contribution is -0.117. The highest BCUT2D eigenvalue weighted by molar-refractivity contribution is 5.98. The van der Waals surface area contributed by atoms with E-state index in [1.165, 1.54) is 17.7 Å². The van der Waals surface area contributed by atoms with Crippen LogP contribution in [0, 0.1) is 11.7 Å². The summed E-state index contributed by atoms with van der Waals surface area (Å²) in [5.74, 6) is 0.769. The summed E-state index contributed by atoms with van der Waals surface area (Å²) in [5, 5.41) is 9.58. The lowest BCUT2D eigenvalue weighted by Crippen LogP contribution is -2.18. The number of aromatic nitrogens is 1. The van der Waals surface area contributed by atoms with Gasteiger partial charge < -0.3 is 16.0 Å². The molecule has 2 atom stereocenters. The number of carbonyl (C=O) groups is 1. The number of nitrogens with zero attached hydrogens (tertiary/aromatic N) is 1. The Bertz CT molecular complexity index is 1030. The summed E-state index contributed by atoms with van der Waals surface area (Å²) in [5.41, 5.74) is 4.55. The number of hydrogen-bond acceptors (Lipinski definition) is 4. The van der Waals surface area contributed by atoms with E-state index < -0.39 is 0 Å². The molecule has 6 heteroatoms. The van der Waals surface area contributed by atoms with Crippen LogP contribution in [0.3, 0.4) is 0 Å². The van der Waals surface area contributed by atoms with E-state index in [0.717, 1.165) is 29.1 Å². The van der Waals surface area contributed by atoms with Crippen molar-refractivity contribution in [2.75, 3.05) is 23.0 Å². The van der Waals surface area contributed by atoms with Gasteiger partial charge in [0.1, 0.15) is 11.6 Å². The van der Waals surface area contributed by atoms with Gasteiger partial charge in [-0.1, -0.05) is 49.4 Å². The van der Waals surface area contributed by atoms with Gasteiger partial charge in [-0.2, -0.15) is 0 Å². The molecule has 160 valence electrons. The molecular formula is C25H27FN4O. The third-order valence-corrected chi connectivity index (χ3v) is 5.69. The van der Waals surface area contributed by atoms with Crippen LogP contribution in [-0.4, -0.2) is 17.9 Å². The molecule has 4 rings (SSSR count). The monoisotopic (exact) mass is 418 g/mol. The highest BCUT2D eigenvalue weighted by Gasteiger charge is 2.44. The van der Waals surface area contributed by atoms with Crippen molar-refractivity contribution < 1.29 is 9.18 Å². The van der Waals surface area contributed by atoms with Crippen LogP contribution in [-0.2, 0) is 17.8 Å². The molecule has 31 heavy (non-hydrogen) atoms. The average Bonchev–Trinajstić information content (AvgIpc) is 3.61. The topological polar surface area (TPSA) is 66.1 Å². The standard InChI is InChI=1S/C25H27FN4O/c1-3-21-24(30-25(31)20-13-19(20)17-7-5-4-6-8-17)22(27-2)14-23(29-21)28-15-16-9-11-18(26)12-10-16/h4-12,14,19-20H,3,13,15H2,1-2H3,(H,30,31)(H2,27,28,29)/t19-,20+/m0/s1. The van der Waals surface area contributed by atoms with E-state index >= 15 is 0 Å². The highest BCUT2D eigenvalue weighted by atomic mass is 19.1. The van der Waals surface area contributed by atoms with E-state index in [1.807, 2.05) is 38.2 Å². The first kappa shape index (κ1) is 20.8. The molecule has 3 N–H and O–H groups in total. The molecule has 0 aliphatic heterocycles. The second-order valence-corrected chi connectivity index (χ2v) is 7.81. The van der Waals surface area contributed by atoms with E-state index in [2.05, 4.69) is 28.1 Å². The van der Waals surface area contributed by atoms with Gasteiger partial charge in [0.2, 0.25) is 5.91 Å². The van der Waals surface area contributed by atoms with Crippen LogP contribution in [0.2, 0.25) is 0 Å². The van der Waals surface area contributed by atoms with E-state index in [1.54, 1.807) is 12.1 Å². The molecule has 0 radical (unpaired) electrons. The molecule has 0 unspecified atom stereocenters. The zero-order valence-electron chi connectivity index (χ0n) is 17.8. The number of halogens is 1. The van der Waals surface area contributed by atoms with Gasteiger partial charge in [0.15, 0.2) is 0 Å². The summed E-state index contributed by atoms with van der Waals surface area (Å²) in [7, 11) is 1.83. The van der Waals surface area contributed by atoms with Crippen molar-refractivity contribution in [1.82, 2.24) is 4.98 Å². The Morgan fingerprint density at radius 2 is 1.87 bits per heavy atom. The third kappa shape index (κ3) is 4.85. The average molecular weight is 419 g/mol. The van der Waals surface area contributed by atoms with E-state index in [4.69, 9.17) is 4.98 Å². The van der Waals surface area contributed by atoms with Gasteiger partial charge in [-0.05, 0) is 42.0 Å². The van der Waals surface area contributed by atoms with Crippen molar-refractivity contribution in [3.05, 3.63) is 83.3 Å². The van der Waals surface area contributed by atoms with Crippen molar-refractivity contribution in [3.63, 3.8) is 0 Å². The van der Waals surface area contributed by atoms with Gasteiger partial charge in [0, 0.05) is 25.6 Å². The molecule has 1 aliphatic carbocycles. The Morgan fingerprint density at radius 3 is 2.55 bits per heavy atom. The number of anilines is 3. The van der Waals surface area contributed by atoms with Gasteiger partial charge >= 0.3 is 0 Å². The van der Waals surface area contributed by atoms with Crippen molar-refractivity contribution in [3.8, 4) is 0 Å². The molecule has 3 aromatic rings. The molecule has 1 fully saturated rings. The zero-order chi connectivity index (χ0) is 21.8. The van der Waals surface area contributed by atoms with Gasteiger partial charge in [0.25, 0.3) is 0 Å². The first-order chi connectivity index (χ1) is 15.1. The number of benzene rings is 2. The maximum absolute atomic E-state index is 13.1. The molecule has 1 amide bonds. The summed E-state index contributed by atoms with van der Waals surface area (Å²) >= 11 is 0. The van der Waals surface area contributed by atoms with Gasteiger partial charge in [-0.3, -0.25) is 4.79 Å². The number of amides is 1. The fraction of sp³-hybridized carbons (Fsp3) is 0.280. The minimum absolute atomic E-state index is 0.00640. The van der Waals surface area contributed by atoms with Crippen molar-refractivity contribution >= 4 is 23.1 Å². The fourth-order valence-corrected chi connectivity index (χ4v) is 3.85. The summed E-state index contributed by atoms with van der Waals surface area (Å²) in [6.45, 7) is 2.55. The van der Waals surface area contributed by atoms with Crippen LogP contribution in [0.4, 0.5) is 21.6 Å². The summed E-state index contributed by atoms with van der Waals surface area (Å²) in [4.78, 5) is 17.6. The Labute approximate surface area is 182 Å². The maximum atomic E-state index is 13.1. The minimum atomic E-state index is -0.252. The fourth-order valence-electron chi connectivity index (χ4n) is 3.85. The van der Waals surface area contributed by atoms with Crippen molar-refractivity contribution in [1.29, 1.82) is 0 Å². The summed E-state index contributed by atoms with van der Waals surface area (Å²) in [6.07, 6.45) is 1.56. The zero-order valence-corrected chi connectivity index (χ0v) is 17.8. The summed E-state index contributed by atoms with van der Waals surface area (Å²) in [6, 6.07) is 18.4. The van der Waals surface area contributed by atoms with Gasteiger partial charge in [0.05, 0.1) is 17.1 Å². The molecule has 0 bridgehead atoms. The number of carbonyl (C=O) groups excluding carboxylic acids is 1. The predicted octanol–water partition coefficient (Wildman–Crippen LogP) is 5.18. The normalized spacial score (nSPS) is 17.1. The largest absolute Gasteiger partial charge is 0.386 e. The van der Waals surface area contributed by atoms with Crippen LogP contribution in [0.5, 0.6) is 0 Å². The van der Waals surface area contributed by atoms with Crippen LogP contribution in [0.1, 0.15) is 36.1 Å². The predicted molar refractivity (Wildman–Crippen MR) is 123 cm³/mol. The van der Waals surface area contributed by atoms with E-state index in [0.29, 0.717) is 18.8 Å². The molecule has 0 spiro atoms. The molecule has 1 saturated carbocycles. The summed E-state index contributed by atoms with van der Waals surface area (Å²) < 4.78 is 13.1. The van der Waals surface area contributed by atoms with E-state index in [-0.39, 0.29) is 23.6 Å². The Hall–Kier alpha value is -3.41. The lowest BCUT2D eigenvalue weighted by Gasteiger charge is -2.17. The van der Waals surface area contributed by atoms with Gasteiger partial charge in [-0.25, -0.2) is 9.37 Å². The SMILES string of the molecule is CCc1nc(NCc2ccc(F)cc2)cc(NC)c1NC(=O)[C@@H]1C[C@H]1c1ccccc1. The molecule has 5 nitrogen and oxygen atoms in total. The number of rotatable bonds is 8. The van der Waals surface area contributed by atoms with Gasteiger partial charge in [-0.15, -0.1) is 0 Å². The van der Waals surface area contributed by atoms with Crippen LogP contribution in [0.15, 0.2) is 60.7 Å². The third-order valence-electron chi connectivity index (χ3n) is 5.69. The van der Waals surface area contributed by atoms with E-state index in [9.17, 15) is 9.18 Å². The number of pyridine rings is 1. The molecule has 1 aromatic heterocycles. The quantitative estimate of drug-likeness (QED) is 0.472. The molecular weight excluding hydrogens is 391 g/mol. The smallest absolute Gasteiger partial charge is 0.228 e. The van der Waals surface area contributed by atoms with Crippen molar-refractivity contribution in [2.24, 2.45) is 5.92 Å². The number of aryl methyl sites for hydroxylation is 1. The van der Waals surface area contributed by atoms with Crippen LogP contribution >= 0.6 is 0 Å². The minimum Gasteiger partial charge on any atom is -0.386 e. The maximum Gasteiger partial charge on any atom is 0.228 e. The molecule has 1 heterocycles.